The van der Waals surface area contributed by atoms with E-state index in [2.05, 4.69) is 5.32 Å². The van der Waals surface area contributed by atoms with Crippen LogP contribution < -0.4 is 10.2 Å². The van der Waals surface area contributed by atoms with Crippen molar-refractivity contribution in [3.8, 4) is 0 Å². The zero-order valence-electron chi connectivity index (χ0n) is 11.8. The van der Waals surface area contributed by atoms with Crippen molar-refractivity contribution in [2.75, 3.05) is 10.2 Å². The lowest BCUT2D eigenvalue weighted by atomic mass is 10.1. The van der Waals surface area contributed by atoms with Crippen molar-refractivity contribution < 1.29 is 9.18 Å². The molecule has 1 amide bonds. The zero-order valence-corrected chi connectivity index (χ0v) is 11.8. The highest BCUT2D eigenvalue weighted by molar-refractivity contribution is 6.04. The fourth-order valence-corrected chi connectivity index (χ4v) is 2.65. The van der Waals surface area contributed by atoms with Gasteiger partial charge in [0, 0.05) is 0 Å². The number of carbonyl (C=O) groups excluding carboxylic acids is 1. The number of nitrogens with one attached hydrogen (secondary N) is 1. The Morgan fingerprint density at radius 1 is 1.19 bits per heavy atom. The Bertz CT molecular complexity index is 671. The summed E-state index contributed by atoms with van der Waals surface area (Å²) in [5, 5.41) is 3.26. The van der Waals surface area contributed by atoms with Crippen LogP contribution in [-0.2, 0) is 11.3 Å². The summed E-state index contributed by atoms with van der Waals surface area (Å²) in [6, 6.07) is 13.9. The molecule has 0 aromatic heterocycles. The molecule has 0 saturated heterocycles. The largest absolute Gasteiger partial charge is 0.372 e. The molecule has 0 aliphatic carbocycles. The number of halogens is 1. The lowest BCUT2D eigenvalue weighted by Gasteiger charge is -2.35. The summed E-state index contributed by atoms with van der Waals surface area (Å²) in [6.45, 7) is 2.36. The van der Waals surface area contributed by atoms with Crippen molar-refractivity contribution in [2.45, 2.75) is 25.9 Å². The predicted octanol–water partition coefficient (Wildman–Crippen LogP) is 3.56. The Balaban J connectivity index is 1.97. The van der Waals surface area contributed by atoms with E-state index in [-0.39, 0.29) is 17.8 Å². The van der Waals surface area contributed by atoms with Gasteiger partial charge >= 0.3 is 0 Å². The van der Waals surface area contributed by atoms with Crippen LogP contribution in [0, 0.1) is 5.82 Å². The van der Waals surface area contributed by atoms with Gasteiger partial charge in [0.15, 0.2) is 0 Å². The van der Waals surface area contributed by atoms with Gasteiger partial charge in [0.05, 0.1) is 17.9 Å². The van der Waals surface area contributed by atoms with E-state index in [0.717, 1.165) is 16.9 Å². The van der Waals surface area contributed by atoms with E-state index in [1.807, 2.05) is 37.3 Å². The summed E-state index contributed by atoms with van der Waals surface area (Å²) < 4.78 is 13.3. The number of amides is 1. The van der Waals surface area contributed by atoms with Gasteiger partial charge in [-0.05, 0) is 36.2 Å². The van der Waals surface area contributed by atoms with Gasteiger partial charge in [-0.2, -0.15) is 0 Å². The molecule has 1 atom stereocenters. The van der Waals surface area contributed by atoms with E-state index in [0.29, 0.717) is 13.0 Å². The number of hydrogen-bond donors (Lipinski definition) is 1. The maximum atomic E-state index is 13.3. The highest BCUT2D eigenvalue weighted by Gasteiger charge is 2.30. The number of fused-ring (bicyclic) bond motifs is 1. The van der Waals surface area contributed by atoms with Gasteiger partial charge in [0.2, 0.25) is 5.91 Å². The smallest absolute Gasteiger partial charge is 0.249 e. The normalized spacial score (nSPS) is 17.3. The van der Waals surface area contributed by atoms with Crippen molar-refractivity contribution in [2.24, 2.45) is 0 Å². The predicted molar refractivity (Wildman–Crippen MR) is 81.7 cm³/mol. The Kier molecular flexibility index (Phi) is 3.60. The maximum Gasteiger partial charge on any atom is 0.249 e. The number of carbonyl (C=O) groups is 1. The third kappa shape index (κ3) is 2.61. The third-order valence-corrected chi connectivity index (χ3v) is 3.73. The van der Waals surface area contributed by atoms with Gasteiger partial charge in [-0.15, -0.1) is 0 Å². The second-order valence-electron chi connectivity index (χ2n) is 5.18. The molecule has 0 radical (unpaired) electrons. The van der Waals surface area contributed by atoms with Crippen LogP contribution in [0.15, 0.2) is 48.5 Å². The lowest BCUT2D eigenvalue weighted by molar-refractivity contribution is -0.119. The van der Waals surface area contributed by atoms with Crippen molar-refractivity contribution in [3.05, 3.63) is 59.9 Å². The molecule has 1 aliphatic rings. The Morgan fingerprint density at radius 2 is 2.00 bits per heavy atom. The monoisotopic (exact) mass is 284 g/mol. The second kappa shape index (κ2) is 5.56. The molecule has 3 nitrogen and oxygen atoms in total. The molecule has 3 rings (SSSR count). The Hall–Kier alpha value is -2.36. The molecule has 1 unspecified atom stereocenters. The van der Waals surface area contributed by atoms with E-state index in [4.69, 9.17) is 0 Å². The van der Waals surface area contributed by atoms with Crippen LogP contribution in [0.3, 0.4) is 0 Å². The topological polar surface area (TPSA) is 32.3 Å². The number of anilines is 2. The van der Waals surface area contributed by atoms with Gasteiger partial charge in [0.25, 0.3) is 0 Å². The highest BCUT2D eigenvalue weighted by Crippen LogP contribution is 2.33. The van der Waals surface area contributed by atoms with Crippen molar-refractivity contribution in [1.29, 1.82) is 0 Å². The molecule has 1 N–H and O–H groups in total. The molecule has 21 heavy (non-hydrogen) atoms. The molecule has 4 heteroatoms. The lowest BCUT2D eigenvalue weighted by Crippen LogP contribution is -2.46. The van der Waals surface area contributed by atoms with E-state index in [1.165, 1.54) is 12.1 Å². The first-order valence-electron chi connectivity index (χ1n) is 7.10. The Morgan fingerprint density at radius 3 is 2.76 bits per heavy atom. The van der Waals surface area contributed by atoms with Crippen LogP contribution in [0.2, 0.25) is 0 Å². The highest BCUT2D eigenvalue weighted by atomic mass is 19.1. The SMILES string of the molecule is CCC1Nc2ccccc2N(Cc2cccc(F)c2)C1=O. The van der Waals surface area contributed by atoms with Crippen molar-refractivity contribution in [1.82, 2.24) is 0 Å². The molecule has 0 fully saturated rings. The van der Waals surface area contributed by atoms with Crippen molar-refractivity contribution >= 4 is 17.3 Å². The fraction of sp³-hybridized carbons (Fsp3) is 0.235. The number of rotatable bonds is 3. The summed E-state index contributed by atoms with van der Waals surface area (Å²) in [6.07, 6.45) is 0.715. The van der Waals surface area contributed by atoms with Gasteiger partial charge in [-0.1, -0.05) is 31.2 Å². The first kappa shape index (κ1) is 13.6. The minimum absolute atomic E-state index is 0.0282. The summed E-state index contributed by atoms with van der Waals surface area (Å²) in [5.74, 6) is -0.254. The summed E-state index contributed by atoms with van der Waals surface area (Å²) >= 11 is 0. The number of hydrogen-bond acceptors (Lipinski definition) is 2. The van der Waals surface area contributed by atoms with Crippen LogP contribution >= 0.6 is 0 Å². The minimum Gasteiger partial charge on any atom is -0.372 e. The van der Waals surface area contributed by atoms with Crippen LogP contribution in [0.25, 0.3) is 0 Å². The van der Waals surface area contributed by atoms with Gasteiger partial charge in [-0.3, -0.25) is 4.79 Å². The second-order valence-corrected chi connectivity index (χ2v) is 5.18. The van der Waals surface area contributed by atoms with E-state index >= 15 is 0 Å². The molecule has 0 saturated carbocycles. The average Bonchev–Trinajstić information content (AvgIpc) is 2.50. The molecule has 0 bridgehead atoms. The minimum atomic E-state index is -0.282. The number of benzene rings is 2. The number of para-hydroxylation sites is 2. The molecule has 1 heterocycles. The van der Waals surface area contributed by atoms with Crippen LogP contribution in [0.5, 0.6) is 0 Å². The van der Waals surface area contributed by atoms with E-state index < -0.39 is 0 Å². The van der Waals surface area contributed by atoms with Crippen LogP contribution in [-0.4, -0.2) is 11.9 Å². The third-order valence-electron chi connectivity index (χ3n) is 3.73. The molecule has 0 spiro atoms. The first-order chi connectivity index (χ1) is 10.2. The van der Waals surface area contributed by atoms with Crippen molar-refractivity contribution in [3.63, 3.8) is 0 Å². The quantitative estimate of drug-likeness (QED) is 0.934. The summed E-state index contributed by atoms with van der Waals surface area (Å²) in [4.78, 5) is 14.3. The Labute approximate surface area is 123 Å². The van der Waals surface area contributed by atoms with Crippen LogP contribution in [0.1, 0.15) is 18.9 Å². The fourth-order valence-electron chi connectivity index (χ4n) is 2.65. The molecular formula is C17H17FN2O. The molecule has 2 aromatic carbocycles. The molecule has 108 valence electrons. The standard InChI is InChI=1S/C17H17FN2O/c1-2-14-17(21)20(11-12-6-5-7-13(18)10-12)16-9-4-3-8-15(16)19-14/h3-10,14,19H,2,11H2,1H3. The van der Waals surface area contributed by atoms with E-state index in [9.17, 15) is 9.18 Å². The molecular weight excluding hydrogens is 267 g/mol. The van der Waals surface area contributed by atoms with Gasteiger partial charge in [0.1, 0.15) is 11.9 Å². The van der Waals surface area contributed by atoms with Gasteiger partial charge in [-0.25, -0.2) is 4.39 Å². The summed E-state index contributed by atoms with van der Waals surface area (Å²) in [7, 11) is 0. The average molecular weight is 284 g/mol. The first-order valence-corrected chi connectivity index (χ1v) is 7.10. The maximum absolute atomic E-state index is 13.3. The van der Waals surface area contributed by atoms with E-state index in [1.54, 1.807) is 11.0 Å². The molecule has 2 aromatic rings. The molecule has 1 aliphatic heterocycles. The van der Waals surface area contributed by atoms with Gasteiger partial charge < -0.3 is 10.2 Å². The van der Waals surface area contributed by atoms with Crippen LogP contribution in [0.4, 0.5) is 15.8 Å². The summed E-state index contributed by atoms with van der Waals surface area (Å²) in [5.41, 5.74) is 2.58. The number of nitrogens with zero attached hydrogens (tertiary/aromatic N) is 1. The zero-order chi connectivity index (χ0) is 14.8.